The number of imidazole rings is 1. The van der Waals surface area contributed by atoms with E-state index < -0.39 is 6.10 Å². The molecule has 0 radical (unpaired) electrons. The highest BCUT2D eigenvalue weighted by molar-refractivity contribution is 7.15. The fourth-order valence-electron chi connectivity index (χ4n) is 2.10. The number of hydrogen-bond donors (Lipinski definition) is 0. The highest BCUT2D eigenvalue weighted by Gasteiger charge is 2.31. The smallest absolute Gasteiger partial charge is 0.193 e. The van der Waals surface area contributed by atoms with Gasteiger partial charge in [0.15, 0.2) is 10.7 Å². The summed E-state index contributed by atoms with van der Waals surface area (Å²) >= 11 is 1.56. The summed E-state index contributed by atoms with van der Waals surface area (Å²) in [6.45, 7) is 6.01. The zero-order valence-corrected chi connectivity index (χ0v) is 12.0. The number of rotatable bonds is 4. The van der Waals surface area contributed by atoms with Crippen molar-refractivity contribution >= 4 is 22.1 Å². The van der Waals surface area contributed by atoms with E-state index in [1.165, 1.54) is 0 Å². The molecule has 1 atom stereocenters. The maximum atomic E-state index is 12.2. The Morgan fingerprint density at radius 1 is 1.56 bits per heavy atom. The van der Waals surface area contributed by atoms with Crippen LogP contribution in [0.5, 0.6) is 0 Å². The molecule has 2 rings (SSSR count). The molecule has 0 amide bonds. The zero-order chi connectivity index (χ0) is 13.3. The van der Waals surface area contributed by atoms with E-state index >= 15 is 0 Å². The molecule has 0 aliphatic rings. The van der Waals surface area contributed by atoms with Crippen molar-refractivity contribution in [3.05, 3.63) is 23.5 Å². The SMILES string of the molecule is COC(C(=O)Cc1cn2ccsc2n1)C(C)(C)C. The van der Waals surface area contributed by atoms with E-state index in [1.807, 2.05) is 42.9 Å². The second-order valence-corrected chi connectivity index (χ2v) is 6.32. The van der Waals surface area contributed by atoms with Crippen LogP contribution >= 0.6 is 11.3 Å². The van der Waals surface area contributed by atoms with Gasteiger partial charge in [0.1, 0.15) is 6.10 Å². The molecule has 0 aromatic carbocycles. The predicted molar refractivity (Wildman–Crippen MR) is 72.0 cm³/mol. The molecule has 0 bridgehead atoms. The van der Waals surface area contributed by atoms with Crippen molar-refractivity contribution in [2.24, 2.45) is 5.41 Å². The van der Waals surface area contributed by atoms with E-state index in [0.29, 0.717) is 6.42 Å². The number of aromatic nitrogens is 2. The standard InChI is InChI=1S/C13H18N2O2S/c1-13(2,3)11(17-4)10(16)7-9-8-15-5-6-18-12(15)14-9/h5-6,8,11H,7H2,1-4H3. The summed E-state index contributed by atoms with van der Waals surface area (Å²) in [4.78, 5) is 17.6. The van der Waals surface area contributed by atoms with Crippen molar-refractivity contribution in [2.45, 2.75) is 33.3 Å². The van der Waals surface area contributed by atoms with Crippen molar-refractivity contribution in [3.63, 3.8) is 0 Å². The number of hydrogen-bond acceptors (Lipinski definition) is 4. The Labute approximate surface area is 111 Å². The molecule has 0 saturated heterocycles. The first-order valence-electron chi connectivity index (χ1n) is 5.88. The minimum Gasteiger partial charge on any atom is -0.373 e. The van der Waals surface area contributed by atoms with Crippen LogP contribution in [0.3, 0.4) is 0 Å². The van der Waals surface area contributed by atoms with Gasteiger partial charge in [0.05, 0.1) is 12.1 Å². The number of fused-ring (bicyclic) bond motifs is 1. The van der Waals surface area contributed by atoms with Gasteiger partial charge in [-0.3, -0.25) is 9.20 Å². The lowest BCUT2D eigenvalue weighted by atomic mass is 9.85. The third-order valence-corrected chi connectivity index (χ3v) is 3.58. The topological polar surface area (TPSA) is 43.6 Å². The Morgan fingerprint density at radius 3 is 2.83 bits per heavy atom. The molecule has 0 aliphatic heterocycles. The summed E-state index contributed by atoms with van der Waals surface area (Å²) in [5.41, 5.74) is 0.612. The number of ketones is 1. The lowest BCUT2D eigenvalue weighted by molar-refractivity contribution is -0.134. The van der Waals surface area contributed by atoms with Crippen molar-refractivity contribution in [2.75, 3.05) is 7.11 Å². The Hall–Kier alpha value is -1.20. The van der Waals surface area contributed by atoms with Crippen molar-refractivity contribution in [3.8, 4) is 0 Å². The van der Waals surface area contributed by atoms with Gasteiger partial charge in [-0.2, -0.15) is 0 Å². The molecule has 1 unspecified atom stereocenters. The van der Waals surface area contributed by atoms with Crippen molar-refractivity contribution < 1.29 is 9.53 Å². The number of carbonyl (C=O) groups excluding carboxylic acids is 1. The molecule has 0 saturated carbocycles. The molecule has 2 heterocycles. The molecule has 18 heavy (non-hydrogen) atoms. The van der Waals surface area contributed by atoms with Gasteiger partial charge in [-0.1, -0.05) is 20.8 Å². The maximum Gasteiger partial charge on any atom is 0.193 e. The van der Waals surface area contributed by atoms with E-state index in [0.717, 1.165) is 10.7 Å². The maximum absolute atomic E-state index is 12.2. The summed E-state index contributed by atoms with van der Waals surface area (Å²) in [5, 5.41) is 1.97. The normalized spacial score (nSPS) is 14.0. The molecule has 0 fully saturated rings. The van der Waals surface area contributed by atoms with Crippen LogP contribution in [0.15, 0.2) is 17.8 Å². The van der Waals surface area contributed by atoms with Crippen LogP contribution in [0, 0.1) is 5.41 Å². The van der Waals surface area contributed by atoms with E-state index in [2.05, 4.69) is 4.98 Å². The fourth-order valence-corrected chi connectivity index (χ4v) is 2.82. The molecule has 0 N–H and O–H groups in total. The second kappa shape index (κ2) is 4.82. The number of methoxy groups -OCH3 is 1. The molecule has 0 aliphatic carbocycles. The minimum atomic E-state index is -0.391. The third kappa shape index (κ3) is 2.62. The molecular formula is C13H18N2O2S. The van der Waals surface area contributed by atoms with Gasteiger partial charge in [-0.25, -0.2) is 4.98 Å². The average molecular weight is 266 g/mol. The quantitative estimate of drug-likeness (QED) is 0.854. The first-order chi connectivity index (χ1) is 8.41. The summed E-state index contributed by atoms with van der Waals surface area (Å²) < 4.78 is 7.26. The van der Waals surface area contributed by atoms with Crippen LogP contribution in [-0.4, -0.2) is 28.4 Å². The fraction of sp³-hybridized carbons (Fsp3) is 0.538. The lowest BCUT2D eigenvalue weighted by Gasteiger charge is -2.27. The summed E-state index contributed by atoms with van der Waals surface area (Å²) in [6, 6.07) is 0. The molecule has 0 spiro atoms. The van der Waals surface area contributed by atoms with Crippen LogP contribution in [0.4, 0.5) is 0 Å². The van der Waals surface area contributed by atoms with Gasteiger partial charge in [-0.05, 0) is 5.41 Å². The second-order valence-electron chi connectivity index (χ2n) is 5.45. The van der Waals surface area contributed by atoms with Crippen LogP contribution in [0.1, 0.15) is 26.5 Å². The molecular weight excluding hydrogens is 248 g/mol. The number of nitrogens with zero attached hydrogens (tertiary/aromatic N) is 2. The van der Waals surface area contributed by atoms with Gasteiger partial charge in [0.25, 0.3) is 0 Å². The number of thiazole rings is 1. The van der Waals surface area contributed by atoms with Gasteiger partial charge < -0.3 is 4.74 Å². The monoisotopic (exact) mass is 266 g/mol. The van der Waals surface area contributed by atoms with E-state index in [-0.39, 0.29) is 11.2 Å². The van der Waals surface area contributed by atoms with Crippen LogP contribution in [0.25, 0.3) is 4.96 Å². The highest BCUT2D eigenvalue weighted by atomic mass is 32.1. The molecule has 98 valence electrons. The first-order valence-corrected chi connectivity index (χ1v) is 6.76. The van der Waals surface area contributed by atoms with E-state index in [1.54, 1.807) is 18.4 Å². The number of ether oxygens (including phenoxy) is 1. The van der Waals surface area contributed by atoms with E-state index in [4.69, 9.17) is 4.74 Å². The van der Waals surface area contributed by atoms with Gasteiger partial charge in [0, 0.05) is 24.9 Å². The van der Waals surface area contributed by atoms with E-state index in [9.17, 15) is 4.79 Å². The van der Waals surface area contributed by atoms with Crippen LogP contribution < -0.4 is 0 Å². The van der Waals surface area contributed by atoms with Gasteiger partial charge in [-0.15, -0.1) is 11.3 Å². The summed E-state index contributed by atoms with van der Waals surface area (Å²) in [5.74, 6) is 0.0794. The predicted octanol–water partition coefficient (Wildman–Crippen LogP) is 2.57. The first kappa shape index (κ1) is 13.2. The Bertz CT molecular complexity index is 522. The van der Waals surface area contributed by atoms with Crippen LogP contribution in [0.2, 0.25) is 0 Å². The Balaban J connectivity index is 2.13. The summed E-state index contributed by atoms with van der Waals surface area (Å²) in [6.07, 6.45) is 3.78. The number of Topliss-reactive ketones (excluding diaryl/α,β-unsaturated/α-hetero) is 1. The lowest BCUT2D eigenvalue weighted by Crippen LogP contribution is -2.37. The third-order valence-electron chi connectivity index (χ3n) is 2.81. The molecule has 2 aromatic rings. The largest absolute Gasteiger partial charge is 0.373 e. The molecule has 4 nitrogen and oxygen atoms in total. The average Bonchev–Trinajstić information content (AvgIpc) is 2.75. The minimum absolute atomic E-state index is 0.0794. The molecule has 5 heteroatoms. The zero-order valence-electron chi connectivity index (χ0n) is 11.1. The van der Waals surface area contributed by atoms with Crippen molar-refractivity contribution in [1.82, 2.24) is 9.38 Å². The summed E-state index contributed by atoms with van der Waals surface area (Å²) in [7, 11) is 1.58. The number of carbonyl (C=O) groups is 1. The highest BCUT2D eigenvalue weighted by Crippen LogP contribution is 2.24. The van der Waals surface area contributed by atoms with Gasteiger partial charge >= 0.3 is 0 Å². The van der Waals surface area contributed by atoms with Crippen LogP contribution in [-0.2, 0) is 16.0 Å². The molecule has 2 aromatic heterocycles. The van der Waals surface area contributed by atoms with Gasteiger partial charge in [0.2, 0.25) is 0 Å². The Morgan fingerprint density at radius 2 is 2.28 bits per heavy atom. The van der Waals surface area contributed by atoms with Crippen molar-refractivity contribution in [1.29, 1.82) is 0 Å². The Kier molecular flexibility index (Phi) is 3.54.